The molecule has 3 N–H and O–H groups in total. The van der Waals surface area contributed by atoms with Crippen molar-refractivity contribution >= 4 is 22.8 Å². The van der Waals surface area contributed by atoms with E-state index in [-0.39, 0.29) is 5.56 Å². The van der Waals surface area contributed by atoms with E-state index in [1.54, 1.807) is 6.07 Å². The van der Waals surface area contributed by atoms with Crippen molar-refractivity contribution in [2.75, 3.05) is 5.32 Å². The van der Waals surface area contributed by atoms with E-state index in [1.807, 2.05) is 0 Å². The van der Waals surface area contributed by atoms with Crippen LogP contribution in [-0.4, -0.2) is 21.2 Å². The van der Waals surface area contributed by atoms with Gasteiger partial charge in [-0.05, 0) is 19.1 Å². The number of hydrogen-bond donors (Lipinski definition) is 3. The first-order chi connectivity index (χ1) is 12.3. The Morgan fingerprint density at radius 2 is 2.04 bits per heavy atom. The normalized spacial score (nSPS) is 12.8. The van der Waals surface area contributed by atoms with Crippen molar-refractivity contribution in [2.24, 2.45) is 0 Å². The molecule has 10 heteroatoms. The zero-order valence-corrected chi connectivity index (χ0v) is 13.4. The van der Waals surface area contributed by atoms with E-state index in [0.717, 1.165) is 6.07 Å². The zero-order chi connectivity index (χ0) is 18.9. The van der Waals surface area contributed by atoms with E-state index in [1.165, 1.54) is 25.4 Å². The third-order valence-electron chi connectivity index (χ3n) is 3.70. The van der Waals surface area contributed by atoms with Crippen LogP contribution >= 0.6 is 0 Å². The van der Waals surface area contributed by atoms with Crippen LogP contribution in [0.1, 0.15) is 24.1 Å². The summed E-state index contributed by atoms with van der Waals surface area (Å²) in [7, 11) is 0. The van der Waals surface area contributed by atoms with Gasteiger partial charge < -0.3 is 10.6 Å². The number of carbonyl (C=O) groups excluding carboxylic acids is 1. The number of fused-ring (bicyclic) bond motifs is 1. The molecule has 136 valence electrons. The average Bonchev–Trinajstić information content (AvgIpc) is 3.01. The third-order valence-corrected chi connectivity index (χ3v) is 3.70. The molecule has 0 aliphatic heterocycles. The molecule has 0 fully saturated rings. The lowest BCUT2D eigenvalue weighted by Gasteiger charge is -2.18. The molecule has 0 radical (unpaired) electrons. The lowest BCUT2D eigenvalue weighted by molar-refractivity contribution is -0.140. The highest BCUT2D eigenvalue weighted by atomic mass is 19.4. The van der Waals surface area contributed by atoms with Crippen molar-refractivity contribution in [1.29, 1.82) is 0 Å². The topological polar surface area (TPSA) is 82.7 Å². The standard InChI is InChI=1S/C16H13F4N5O/c1-8(11-3-2-4-12(13(11)17)16(18,19)20)23-15(26)24-10-5-9-6-22-25-14(9)21-7-10/h2-8H,1H3,(H,21,22,25)(H2,23,24,26)/t8-/m1/s1. The van der Waals surface area contributed by atoms with Gasteiger partial charge in [-0.15, -0.1) is 0 Å². The van der Waals surface area contributed by atoms with Gasteiger partial charge >= 0.3 is 12.2 Å². The van der Waals surface area contributed by atoms with Gasteiger partial charge in [0.15, 0.2) is 5.65 Å². The Bertz CT molecular complexity index is 953. The fraction of sp³-hybridized carbons (Fsp3) is 0.188. The van der Waals surface area contributed by atoms with E-state index in [9.17, 15) is 22.4 Å². The molecule has 0 aliphatic rings. The van der Waals surface area contributed by atoms with Gasteiger partial charge in [-0.3, -0.25) is 5.10 Å². The molecular formula is C16H13F4N5O. The minimum Gasteiger partial charge on any atom is -0.331 e. The Balaban J connectivity index is 1.73. The first-order valence-corrected chi connectivity index (χ1v) is 7.48. The summed E-state index contributed by atoms with van der Waals surface area (Å²) in [5.74, 6) is -1.41. The van der Waals surface area contributed by atoms with E-state index in [2.05, 4.69) is 25.8 Å². The van der Waals surface area contributed by atoms with Crippen LogP contribution in [-0.2, 0) is 6.18 Å². The summed E-state index contributed by atoms with van der Waals surface area (Å²) in [5, 5.41) is 12.0. The number of carbonyl (C=O) groups is 1. The lowest BCUT2D eigenvalue weighted by atomic mass is 10.0. The molecule has 0 bridgehead atoms. The maximum Gasteiger partial charge on any atom is 0.419 e. The molecule has 2 amide bonds. The molecule has 3 aromatic rings. The highest BCUT2D eigenvalue weighted by molar-refractivity contribution is 5.91. The predicted octanol–water partition coefficient (Wildman–Crippen LogP) is 4.00. The molecular weight excluding hydrogens is 354 g/mol. The number of alkyl halides is 3. The van der Waals surface area contributed by atoms with Crippen molar-refractivity contribution in [3.63, 3.8) is 0 Å². The number of nitrogens with one attached hydrogen (secondary N) is 3. The van der Waals surface area contributed by atoms with E-state index < -0.39 is 29.6 Å². The fourth-order valence-electron chi connectivity index (χ4n) is 2.45. The van der Waals surface area contributed by atoms with Crippen molar-refractivity contribution in [3.8, 4) is 0 Å². The number of aromatic amines is 1. The van der Waals surface area contributed by atoms with Crippen LogP contribution < -0.4 is 10.6 Å². The van der Waals surface area contributed by atoms with Crippen LogP contribution in [0.3, 0.4) is 0 Å². The predicted molar refractivity (Wildman–Crippen MR) is 85.9 cm³/mol. The van der Waals surface area contributed by atoms with Gasteiger partial charge in [0.25, 0.3) is 0 Å². The summed E-state index contributed by atoms with van der Waals surface area (Å²) in [5.41, 5.74) is -0.750. The summed E-state index contributed by atoms with van der Waals surface area (Å²) in [6.07, 6.45) is -1.91. The quantitative estimate of drug-likeness (QED) is 0.612. The summed E-state index contributed by atoms with van der Waals surface area (Å²) >= 11 is 0. The monoisotopic (exact) mass is 367 g/mol. The van der Waals surface area contributed by atoms with Crippen molar-refractivity contribution < 1.29 is 22.4 Å². The number of aromatic nitrogens is 3. The summed E-state index contributed by atoms with van der Waals surface area (Å²) in [4.78, 5) is 16.1. The van der Waals surface area contributed by atoms with Crippen molar-refractivity contribution in [3.05, 3.63) is 53.6 Å². The van der Waals surface area contributed by atoms with E-state index in [0.29, 0.717) is 22.8 Å². The fourth-order valence-corrected chi connectivity index (χ4v) is 2.45. The molecule has 2 heterocycles. The van der Waals surface area contributed by atoms with Gasteiger partial charge in [0.2, 0.25) is 0 Å². The van der Waals surface area contributed by atoms with Gasteiger partial charge in [0, 0.05) is 10.9 Å². The molecule has 0 unspecified atom stereocenters. The molecule has 3 rings (SSSR count). The number of benzene rings is 1. The molecule has 0 saturated heterocycles. The third kappa shape index (κ3) is 3.58. The maximum absolute atomic E-state index is 14.1. The first-order valence-electron chi connectivity index (χ1n) is 7.48. The number of H-pyrrole nitrogens is 1. The van der Waals surface area contributed by atoms with Gasteiger partial charge in [-0.2, -0.15) is 18.3 Å². The van der Waals surface area contributed by atoms with Crippen LogP contribution in [0.2, 0.25) is 0 Å². The van der Waals surface area contributed by atoms with Gasteiger partial charge in [0.05, 0.1) is 29.7 Å². The van der Waals surface area contributed by atoms with Gasteiger partial charge in [-0.1, -0.05) is 12.1 Å². The second-order valence-electron chi connectivity index (χ2n) is 5.56. The van der Waals surface area contributed by atoms with Crippen LogP contribution in [0.25, 0.3) is 11.0 Å². The highest BCUT2D eigenvalue weighted by Gasteiger charge is 2.35. The average molecular weight is 367 g/mol. The molecule has 0 spiro atoms. The minimum atomic E-state index is -4.81. The summed E-state index contributed by atoms with van der Waals surface area (Å²) in [6, 6.07) is 2.85. The van der Waals surface area contributed by atoms with Crippen LogP contribution in [0.5, 0.6) is 0 Å². The lowest BCUT2D eigenvalue weighted by Crippen LogP contribution is -2.32. The second-order valence-corrected chi connectivity index (χ2v) is 5.56. The van der Waals surface area contributed by atoms with Crippen LogP contribution in [0, 0.1) is 5.82 Å². The molecule has 2 aromatic heterocycles. The molecule has 6 nitrogen and oxygen atoms in total. The molecule has 0 aliphatic carbocycles. The summed E-state index contributed by atoms with van der Waals surface area (Å²) in [6.45, 7) is 1.38. The van der Waals surface area contributed by atoms with Crippen LogP contribution in [0.15, 0.2) is 36.7 Å². The molecule has 1 atom stereocenters. The highest BCUT2D eigenvalue weighted by Crippen LogP contribution is 2.33. The number of urea groups is 1. The van der Waals surface area contributed by atoms with E-state index >= 15 is 0 Å². The van der Waals surface area contributed by atoms with Gasteiger partial charge in [0.1, 0.15) is 5.82 Å². The molecule has 0 saturated carbocycles. The smallest absolute Gasteiger partial charge is 0.331 e. The first kappa shape index (κ1) is 17.6. The molecule has 26 heavy (non-hydrogen) atoms. The number of anilines is 1. The maximum atomic E-state index is 14.1. The number of amides is 2. The SMILES string of the molecule is C[C@@H](NC(=O)Nc1cnc2[nH]ncc2c1)c1cccc(C(F)(F)F)c1F. The Morgan fingerprint density at radius 1 is 1.27 bits per heavy atom. The Morgan fingerprint density at radius 3 is 2.77 bits per heavy atom. The Labute approximate surface area is 144 Å². The number of nitrogens with zero attached hydrogens (tertiary/aromatic N) is 2. The van der Waals surface area contributed by atoms with Crippen LogP contribution in [0.4, 0.5) is 28.0 Å². The number of rotatable bonds is 3. The minimum absolute atomic E-state index is 0.265. The Hall–Kier alpha value is -3.17. The number of hydrogen-bond acceptors (Lipinski definition) is 3. The zero-order valence-electron chi connectivity index (χ0n) is 13.4. The number of pyridine rings is 1. The number of halogens is 4. The van der Waals surface area contributed by atoms with Crippen molar-refractivity contribution in [2.45, 2.75) is 19.1 Å². The van der Waals surface area contributed by atoms with Gasteiger partial charge in [-0.25, -0.2) is 14.2 Å². The van der Waals surface area contributed by atoms with Crippen molar-refractivity contribution in [1.82, 2.24) is 20.5 Å². The van der Waals surface area contributed by atoms with E-state index in [4.69, 9.17) is 0 Å². The molecule has 1 aromatic carbocycles. The largest absolute Gasteiger partial charge is 0.419 e. The second kappa shape index (κ2) is 6.62. The summed E-state index contributed by atoms with van der Waals surface area (Å²) < 4.78 is 52.5. The Kier molecular flexibility index (Phi) is 4.49.